The second kappa shape index (κ2) is 5.12. The zero-order valence-electron chi connectivity index (χ0n) is 9.86. The molecule has 19 heavy (non-hydrogen) atoms. The van der Waals surface area contributed by atoms with Gasteiger partial charge in [0.15, 0.2) is 4.77 Å². The van der Waals surface area contributed by atoms with Crippen molar-refractivity contribution in [3.8, 4) is 0 Å². The molecule has 0 atom stereocenters. The Morgan fingerprint density at radius 3 is 2.84 bits per heavy atom. The molecule has 0 saturated carbocycles. The summed E-state index contributed by atoms with van der Waals surface area (Å²) in [5.74, 6) is 0. The van der Waals surface area contributed by atoms with E-state index in [1.165, 1.54) is 5.56 Å². The summed E-state index contributed by atoms with van der Waals surface area (Å²) >= 11 is 14.9. The van der Waals surface area contributed by atoms with Gasteiger partial charge in [-0.05, 0) is 48.1 Å². The van der Waals surface area contributed by atoms with Gasteiger partial charge in [-0.3, -0.25) is 0 Å². The second-order valence-electron chi connectivity index (χ2n) is 4.31. The van der Waals surface area contributed by atoms with E-state index in [1.807, 2.05) is 30.3 Å². The molecule has 1 N–H and O–H groups in total. The van der Waals surface area contributed by atoms with E-state index in [4.69, 9.17) is 23.8 Å². The molecule has 2 aromatic carbocycles. The first-order valence-corrected chi connectivity index (χ1v) is 7.34. The number of H-pyrrole nitrogens is 1. The summed E-state index contributed by atoms with van der Waals surface area (Å²) < 4.78 is 3.85. The molecular formula is C14H10BrClN2S. The van der Waals surface area contributed by atoms with Crippen LogP contribution in [0.4, 0.5) is 0 Å². The first-order chi connectivity index (χ1) is 9.13. The molecule has 3 aromatic rings. The van der Waals surface area contributed by atoms with Crippen molar-refractivity contribution in [2.75, 3.05) is 0 Å². The minimum absolute atomic E-state index is 0.706. The van der Waals surface area contributed by atoms with Crippen LogP contribution in [0, 0.1) is 4.77 Å². The topological polar surface area (TPSA) is 20.7 Å². The van der Waals surface area contributed by atoms with Crippen LogP contribution in [0.3, 0.4) is 0 Å². The van der Waals surface area contributed by atoms with Gasteiger partial charge in [-0.1, -0.05) is 39.7 Å². The highest BCUT2D eigenvalue weighted by Gasteiger charge is 2.05. The van der Waals surface area contributed by atoms with Gasteiger partial charge < -0.3 is 9.55 Å². The fourth-order valence-electron chi connectivity index (χ4n) is 2.11. The van der Waals surface area contributed by atoms with Crippen LogP contribution in [0.2, 0.25) is 5.02 Å². The van der Waals surface area contributed by atoms with Gasteiger partial charge in [0.1, 0.15) is 0 Å². The van der Waals surface area contributed by atoms with Gasteiger partial charge in [-0.15, -0.1) is 0 Å². The monoisotopic (exact) mass is 352 g/mol. The number of benzene rings is 2. The summed E-state index contributed by atoms with van der Waals surface area (Å²) in [6.45, 7) is 0.736. The third-order valence-electron chi connectivity index (χ3n) is 2.97. The van der Waals surface area contributed by atoms with Crippen LogP contribution in [-0.4, -0.2) is 9.55 Å². The van der Waals surface area contributed by atoms with Gasteiger partial charge in [-0.25, -0.2) is 0 Å². The number of fused-ring (bicyclic) bond motifs is 1. The van der Waals surface area contributed by atoms with E-state index in [0.29, 0.717) is 9.79 Å². The van der Waals surface area contributed by atoms with E-state index in [9.17, 15) is 0 Å². The SMILES string of the molecule is S=c1[nH]c2cc(Cl)ccc2n1Cc1cccc(Br)c1. The maximum atomic E-state index is 5.99. The average Bonchev–Trinajstić information content (AvgIpc) is 2.65. The maximum Gasteiger partial charge on any atom is 0.178 e. The molecule has 3 rings (SSSR count). The molecule has 1 aromatic heterocycles. The normalized spacial score (nSPS) is 11.1. The fraction of sp³-hybridized carbons (Fsp3) is 0.0714. The molecule has 0 amide bonds. The maximum absolute atomic E-state index is 5.99. The Kier molecular flexibility index (Phi) is 3.48. The predicted molar refractivity (Wildman–Crippen MR) is 85.4 cm³/mol. The lowest BCUT2D eigenvalue weighted by Crippen LogP contribution is -1.99. The number of nitrogens with one attached hydrogen (secondary N) is 1. The van der Waals surface area contributed by atoms with Crippen molar-refractivity contribution < 1.29 is 0 Å². The summed E-state index contributed by atoms with van der Waals surface area (Å²) in [5, 5.41) is 0.707. The third kappa shape index (κ3) is 2.61. The molecule has 0 saturated heterocycles. The van der Waals surface area contributed by atoms with E-state index >= 15 is 0 Å². The van der Waals surface area contributed by atoms with Crippen LogP contribution in [0.5, 0.6) is 0 Å². The molecule has 1 heterocycles. The number of imidazole rings is 1. The molecule has 0 radical (unpaired) electrons. The van der Waals surface area contributed by atoms with Crippen molar-refractivity contribution in [2.45, 2.75) is 6.54 Å². The Hall–Kier alpha value is -1.10. The van der Waals surface area contributed by atoms with Crippen molar-refractivity contribution in [3.05, 3.63) is 62.3 Å². The molecular weight excluding hydrogens is 344 g/mol. The number of nitrogens with zero attached hydrogens (tertiary/aromatic N) is 1. The van der Waals surface area contributed by atoms with Crippen molar-refractivity contribution >= 4 is 50.8 Å². The average molecular weight is 354 g/mol. The van der Waals surface area contributed by atoms with E-state index in [2.05, 4.69) is 37.6 Å². The Balaban J connectivity index is 2.10. The molecule has 5 heteroatoms. The van der Waals surface area contributed by atoms with Crippen molar-refractivity contribution in [3.63, 3.8) is 0 Å². The van der Waals surface area contributed by atoms with E-state index < -0.39 is 0 Å². The lowest BCUT2D eigenvalue weighted by molar-refractivity contribution is 0.810. The van der Waals surface area contributed by atoms with Gasteiger partial charge in [0.25, 0.3) is 0 Å². The number of rotatable bonds is 2. The van der Waals surface area contributed by atoms with Crippen LogP contribution < -0.4 is 0 Å². The van der Waals surface area contributed by atoms with Crippen molar-refractivity contribution in [2.24, 2.45) is 0 Å². The highest BCUT2D eigenvalue weighted by Crippen LogP contribution is 2.21. The quantitative estimate of drug-likeness (QED) is 0.631. The van der Waals surface area contributed by atoms with Crippen LogP contribution in [-0.2, 0) is 6.54 Å². The smallest absolute Gasteiger partial charge is 0.178 e. The fourth-order valence-corrected chi connectivity index (χ4v) is 3.00. The predicted octanol–water partition coefficient (Wildman–Crippen LogP) is 5.16. The van der Waals surface area contributed by atoms with Crippen LogP contribution in [0.15, 0.2) is 46.9 Å². The highest BCUT2D eigenvalue weighted by atomic mass is 79.9. The van der Waals surface area contributed by atoms with Crippen LogP contribution >= 0.6 is 39.7 Å². The van der Waals surface area contributed by atoms with Crippen molar-refractivity contribution in [1.82, 2.24) is 9.55 Å². The largest absolute Gasteiger partial charge is 0.331 e. The van der Waals surface area contributed by atoms with Gasteiger partial charge in [-0.2, -0.15) is 0 Å². The molecule has 0 unspecified atom stereocenters. The van der Waals surface area contributed by atoms with Gasteiger partial charge in [0.05, 0.1) is 17.6 Å². The summed E-state index contributed by atoms with van der Waals surface area (Å²) in [7, 11) is 0. The Morgan fingerprint density at radius 1 is 1.21 bits per heavy atom. The van der Waals surface area contributed by atoms with Gasteiger partial charge >= 0.3 is 0 Å². The first-order valence-electron chi connectivity index (χ1n) is 5.76. The molecule has 0 aliphatic rings. The number of hydrogen-bond donors (Lipinski definition) is 1. The van der Waals surface area contributed by atoms with Crippen LogP contribution in [0.25, 0.3) is 11.0 Å². The zero-order valence-corrected chi connectivity index (χ0v) is 13.0. The lowest BCUT2D eigenvalue weighted by Gasteiger charge is -2.05. The summed E-state index contributed by atoms with van der Waals surface area (Å²) in [4.78, 5) is 3.18. The molecule has 0 bridgehead atoms. The Morgan fingerprint density at radius 2 is 2.05 bits per heavy atom. The molecule has 0 spiro atoms. The number of aromatic amines is 1. The van der Waals surface area contributed by atoms with E-state index in [0.717, 1.165) is 22.1 Å². The number of halogens is 2. The Bertz CT molecular complexity index is 807. The molecule has 96 valence electrons. The minimum atomic E-state index is 0.706. The third-order valence-corrected chi connectivity index (χ3v) is 4.02. The van der Waals surface area contributed by atoms with Crippen molar-refractivity contribution in [1.29, 1.82) is 0 Å². The second-order valence-corrected chi connectivity index (χ2v) is 6.05. The molecule has 2 nitrogen and oxygen atoms in total. The highest BCUT2D eigenvalue weighted by molar-refractivity contribution is 9.10. The lowest BCUT2D eigenvalue weighted by atomic mass is 10.2. The van der Waals surface area contributed by atoms with E-state index in [1.54, 1.807) is 0 Å². The zero-order chi connectivity index (χ0) is 13.4. The number of aromatic nitrogens is 2. The summed E-state index contributed by atoms with van der Waals surface area (Å²) in [5.41, 5.74) is 3.23. The standard InChI is InChI=1S/C14H10BrClN2S/c15-10-3-1-2-9(6-10)8-18-13-5-4-11(16)7-12(13)17-14(18)19/h1-7H,8H2,(H,17,19). The van der Waals surface area contributed by atoms with Gasteiger partial charge in [0.2, 0.25) is 0 Å². The molecule has 0 fully saturated rings. The minimum Gasteiger partial charge on any atom is -0.331 e. The summed E-state index contributed by atoms with van der Waals surface area (Å²) in [6, 6.07) is 14.0. The van der Waals surface area contributed by atoms with E-state index in [-0.39, 0.29) is 0 Å². The van der Waals surface area contributed by atoms with Crippen LogP contribution in [0.1, 0.15) is 5.56 Å². The van der Waals surface area contributed by atoms with Gasteiger partial charge in [0, 0.05) is 9.50 Å². The molecule has 0 aliphatic heterocycles. The first kappa shape index (κ1) is 12.9. The Labute approximate surface area is 129 Å². The number of hydrogen-bond acceptors (Lipinski definition) is 1. The summed E-state index contributed by atoms with van der Waals surface area (Å²) in [6.07, 6.45) is 0. The molecule has 0 aliphatic carbocycles.